The number of carboxylic acids is 1. The third kappa shape index (κ3) is 4.04. The number of imidazole rings is 1. The summed E-state index contributed by atoms with van der Waals surface area (Å²) in [7, 11) is 0. The summed E-state index contributed by atoms with van der Waals surface area (Å²) >= 11 is 7.60. The van der Waals surface area contributed by atoms with E-state index < -0.39 is 12.1 Å². The summed E-state index contributed by atoms with van der Waals surface area (Å²) in [5, 5.41) is 19.4. The summed E-state index contributed by atoms with van der Waals surface area (Å²) in [6.45, 7) is 3.74. The van der Waals surface area contributed by atoms with Crippen molar-refractivity contribution < 1.29 is 19.7 Å². The van der Waals surface area contributed by atoms with Gasteiger partial charge in [-0.2, -0.15) is 0 Å². The molecule has 0 fully saturated rings. The minimum atomic E-state index is -1.04. The molecule has 0 aliphatic rings. The Hall–Kier alpha value is -2.87. The normalized spacial score (nSPS) is 12.3. The van der Waals surface area contributed by atoms with Crippen LogP contribution in [0.25, 0.3) is 16.2 Å². The molecule has 0 spiro atoms. The lowest BCUT2D eigenvalue weighted by Gasteiger charge is -2.18. The number of pyridine rings is 1. The molecule has 3 heterocycles. The number of aromatic nitrogens is 2. The molecule has 1 aromatic carbocycles. The van der Waals surface area contributed by atoms with Gasteiger partial charge in [0.25, 0.3) is 0 Å². The number of hydrogen-bond donors (Lipinski definition) is 2. The zero-order valence-corrected chi connectivity index (χ0v) is 18.6. The van der Waals surface area contributed by atoms with Gasteiger partial charge in [-0.15, -0.1) is 11.3 Å². The van der Waals surface area contributed by atoms with Crippen LogP contribution >= 0.6 is 22.9 Å². The molecule has 31 heavy (non-hydrogen) atoms. The average molecular weight is 457 g/mol. The third-order valence-electron chi connectivity index (χ3n) is 5.13. The van der Waals surface area contributed by atoms with Crippen LogP contribution in [-0.4, -0.2) is 32.2 Å². The molecule has 0 aliphatic heterocycles. The predicted octanol–water partition coefficient (Wildman–Crippen LogP) is 5.40. The molecular weight excluding hydrogens is 436 g/mol. The van der Waals surface area contributed by atoms with E-state index in [1.807, 2.05) is 54.8 Å². The van der Waals surface area contributed by atoms with Crippen LogP contribution in [0.15, 0.2) is 48.8 Å². The van der Waals surface area contributed by atoms with E-state index in [9.17, 15) is 9.90 Å². The number of rotatable bonds is 7. The number of aliphatic hydroxyl groups excluding tert-OH is 1. The third-order valence-corrected chi connectivity index (χ3v) is 6.74. The fourth-order valence-electron chi connectivity index (χ4n) is 3.55. The van der Waals surface area contributed by atoms with E-state index in [4.69, 9.17) is 21.4 Å². The molecule has 8 heteroatoms. The molecule has 1 atom stereocenters. The molecule has 0 unspecified atom stereocenters. The van der Waals surface area contributed by atoms with E-state index in [1.54, 1.807) is 12.3 Å². The summed E-state index contributed by atoms with van der Waals surface area (Å²) in [5.41, 5.74) is 4.02. The van der Waals surface area contributed by atoms with Crippen molar-refractivity contribution in [3.8, 4) is 16.3 Å². The number of benzene rings is 1. The van der Waals surface area contributed by atoms with Crippen molar-refractivity contribution in [3.63, 3.8) is 0 Å². The van der Waals surface area contributed by atoms with Gasteiger partial charge in [-0.1, -0.05) is 29.8 Å². The molecule has 2 N–H and O–H groups in total. The number of aromatic carboxylic acids is 1. The van der Waals surface area contributed by atoms with Crippen LogP contribution in [-0.2, 0) is 6.42 Å². The molecule has 0 bridgehead atoms. The Morgan fingerprint density at radius 1 is 1.32 bits per heavy atom. The Morgan fingerprint density at radius 2 is 2.13 bits per heavy atom. The molecule has 0 aliphatic carbocycles. The van der Waals surface area contributed by atoms with Crippen LogP contribution in [0.1, 0.15) is 39.4 Å². The van der Waals surface area contributed by atoms with Gasteiger partial charge in [0.05, 0.1) is 16.8 Å². The second-order valence-electron chi connectivity index (χ2n) is 7.18. The zero-order chi connectivity index (χ0) is 22.1. The second kappa shape index (κ2) is 8.70. The van der Waals surface area contributed by atoms with Gasteiger partial charge in [0, 0.05) is 29.0 Å². The first-order valence-electron chi connectivity index (χ1n) is 9.75. The van der Waals surface area contributed by atoms with E-state index in [1.165, 1.54) is 11.3 Å². The number of carboxylic acid groups (broad SMARTS) is 1. The van der Waals surface area contributed by atoms with Gasteiger partial charge >= 0.3 is 5.97 Å². The Labute approximate surface area is 188 Å². The Kier molecular flexibility index (Phi) is 6.00. The highest BCUT2D eigenvalue weighted by atomic mass is 35.5. The maximum atomic E-state index is 12.0. The van der Waals surface area contributed by atoms with E-state index in [0.29, 0.717) is 17.2 Å². The summed E-state index contributed by atoms with van der Waals surface area (Å²) in [6.07, 6.45) is 3.69. The summed E-state index contributed by atoms with van der Waals surface area (Å²) in [4.78, 5) is 17.3. The summed E-state index contributed by atoms with van der Waals surface area (Å²) in [5.74, 6) is -0.707. The lowest BCUT2D eigenvalue weighted by atomic mass is 10.1. The number of hydrogen-bond acceptors (Lipinski definition) is 5. The van der Waals surface area contributed by atoms with Gasteiger partial charge in [0.2, 0.25) is 0 Å². The van der Waals surface area contributed by atoms with Crippen LogP contribution in [0, 0.1) is 6.92 Å². The van der Waals surface area contributed by atoms with E-state index in [0.717, 1.165) is 32.9 Å². The van der Waals surface area contributed by atoms with Crippen LogP contribution in [0.2, 0.25) is 5.02 Å². The van der Waals surface area contributed by atoms with Gasteiger partial charge in [-0.3, -0.25) is 4.40 Å². The number of ether oxygens (including phenoxy) is 1. The Balaban J connectivity index is 1.72. The van der Waals surface area contributed by atoms with Gasteiger partial charge in [0.1, 0.15) is 17.5 Å². The fourth-order valence-corrected chi connectivity index (χ4v) is 4.99. The van der Waals surface area contributed by atoms with Gasteiger partial charge in [0.15, 0.2) is 4.88 Å². The van der Waals surface area contributed by atoms with Crippen LogP contribution in [0.3, 0.4) is 0 Å². The maximum Gasteiger partial charge on any atom is 0.349 e. The zero-order valence-electron chi connectivity index (χ0n) is 17.0. The van der Waals surface area contributed by atoms with E-state index >= 15 is 0 Å². The molecule has 0 radical (unpaired) electrons. The van der Waals surface area contributed by atoms with Crippen molar-refractivity contribution in [1.82, 2.24) is 9.38 Å². The summed E-state index contributed by atoms with van der Waals surface area (Å²) < 4.78 is 8.09. The fraction of sp³-hybridized carbons (Fsp3) is 0.217. The van der Waals surface area contributed by atoms with Crippen molar-refractivity contribution >= 4 is 34.6 Å². The highest BCUT2D eigenvalue weighted by Crippen LogP contribution is 2.43. The standard InChI is InChI=1S/C23H21ClN2O4S/c1-13-20(30-14(2)16-7-6-15(8-10-27)11-17(16)24)22(23(28)29)31-21(13)18-12-25-19-5-3-4-9-26(18)19/h3-7,9,11-12,14,27H,8,10H2,1-2H3,(H,28,29)/t14-/m1/s1. The number of aliphatic hydroxyl groups is 1. The topological polar surface area (TPSA) is 84.1 Å². The first-order valence-corrected chi connectivity index (χ1v) is 10.9. The lowest BCUT2D eigenvalue weighted by molar-refractivity contribution is 0.0695. The first-order chi connectivity index (χ1) is 14.9. The molecule has 3 aromatic heterocycles. The van der Waals surface area contributed by atoms with Gasteiger partial charge in [-0.25, -0.2) is 9.78 Å². The average Bonchev–Trinajstić information content (AvgIpc) is 3.30. The summed E-state index contributed by atoms with van der Waals surface area (Å²) in [6, 6.07) is 11.2. The number of carbonyl (C=O) groups is 1. The highest BCUT2D eigenvalue weighted by Gasteiger charge is 2.26. The monoisotopic (exact) mass is 456 g/mol. The Bertz CT molecular complexity index is 1260. The first kappa shape index (κ1) is 21.4. The highest BCUT2D eigenvalue weighted by molar-refractivity contribution is 7.17. The number of halogens is 1. The van der Waals surface area contributed by atoms with Crippen LogP contribution in [0.4, 0.5) is 0 Å². The molecular formula is C23H21ClN2O4S. The van der Waals surface area contributed by atoms with Gasteiger partial charge in [-0.05, 0) is 44.0 Å². The molecule has 0 amide bonds. The van der Waals surface area contributed by atoms with Crippen molar-refractivity contribution in [2.45, 2.75) is 26.4 Å². The lowest BCUT2D eigenvalue weighted by Crippen LogP contribution is -2.07. The maximum absolute atomic E-state index is 12.0. The predicted molar refractivity (Wildman–Crippen MR) is 121 cm³/mol. The largest absolute Gasteiger partial charge is 0.484 e. The van der Waals surface area contributed by atoms with Crippen LogP contribution < -0.4 is 4.74 Å². The SMILES string of the molecule is Cc1c(-c2cnc3ccccn23)sc(C(=O)O)c1O[C@H](C)c1ccc(CCO)cc1Cl. The number of nitrogens with zero attached hydrogens (tertiary/aromatic N) is 2. The molecule has 6 nitrogen and oxygen atoms in total. The molecule has 0 saturated heterocycles. The van der Waals surface area contributed by atoms with Gasteiger partial charge < -0.3 is 14.9 Å². The minimum Gasteiger partial charge on any atom is -0.484 e. The Morgan fingerprint density at radius 3 is 2.84 bits per heavy atom. The van der Waals surface area contributed by atoms with Crippen LogP contribution in [0.5, 0.6) is 5.75 Å². The van der Waals surface area contributed by atoms with Crippen molar-refractivity contribution in [2.24, 2.45) is 0 Å². The molecule has 4 rings (SSSR count). The van der Waals surface area contributed by atoms with Crippen molar-refractivity contribution in [1.29, 1.82) is 0 Å². The molecule has 0 saturated carbocycles. The van der Waals surface area contributed by atoms with Crippen molar-refractivity contribution in [3.05, 3.63) is 75.4 Å². The van der Waals surface area contributed by atoms with E-state index in [-0.39, 0.29) is 11.5 Å². The molecule has 4 aromatic rings. The van der Waals surface area contributed by atoms with E-state index in [2.05, 4.69) is 4.98 Å². The second-order valence-corrected chi connectivity index (χ2v) is 8.61. The number of fused-ring (bicyclic) bond motifs is 1. The minimum absolute atomic E-state index is 0.0455. The molecule has 160 valence electrons. The quantitative estimate of drug-likeness (QED) is 0.389. The number of thiophene rings is 1. The van der Waals surface area contributed by atoms with Crippen molar-refractivity contribution in [2.75, 3.05) is 6.61 Å². The smallest absolute Gasteiger partial charge is 0.349 e.